The van der Waals surface area contributed by atoms with Crippen LogP contribution in [0.4, 0.5) is 4.79 Å². The summed E-state index contributed by atoms with van der Waals surface area (Å²) in [6.07, 6.45) is 8.42. The van der Waals surface area contributed by atoms with Crippen LogP contribution in [-0.4, -0.2) is 34.2 Å². The third kappa shape index (κ3) is 3.72. The molecule has 98 valence electrons. The summed E-state index contributed by atoms with van der Waals surface area (Å²) in [5, 5.41) is 8.87. The number of hydrogen-bond acceptors (Lipinski definition) is 2. The molecule has 1 aromatic heterocycles. The number of carbonyl (C=O) groups is 1. The van der Waals surface area contributed by atoms with E-state index in [1.807, 2.05) is 12.3 Å². The highest BCUT2D eigenvalue weighted by Crippen LogP contribution is 2.22. The number of nitrogens with zero attached hydrogens (tertiary/aromatic N) is 2. The van der Waals surface area contributed by atoms with Crippen molar-refractivity contribution >= 4 is 6.09 Å². The number of carboxylic acid groups (broad SMARTS) is 1. The van der Waals surface area contributed by atoms with E-state index < -0.39 is 6.09 Å². The summed E-state index contributed by atoms with van der Waals surface area (Å²) in [5.74, 6) is 0.692. The Morgan fingerprint density at radius 3 is 2.83 bits per heavy atom. The van der Waals surface area contributed by atoms with E-state index in [1.54, 1.807) is 6.20 Å². The first-order valence-corrected chi connectivity index (χ1v) is 6.62. The maximum absolute atomic E-state index is 10.8. The fourth-order valence-corrected chi connectivity index (χ4v) is 2.55. The van der Waals surface area contributed by atoms with Crippen molar-refractivity contribution in [3.63, 3.8) is 0 Å². The zero-order valence-electron chi connectivity index (χ0n) is 10.6. The molecule has 2 heterocycles. The van der Waals surface area contributed by atoms with E-state index in [0.29, 0.717) is 19.0 Å². The third-order valence-corrected chi connectivity index (χ3v) is 3.69. The van der Waals surface area contributed by atoms with Gasteiger partial charge >= 0.3 is 6.09 Å². The Hall–Kier alpha value is -1.58. The first kappa shape index (κ1) is 12.9. The fraction of sp³-hybridized carbons (Fsp3) is 0.571. The molecule has 1 saturated heterocycles. The van der Waals surface area contributed by atoms with Gasteiger partial charge in [-0.25, -0.2) is 4.79 Å². The molecule has 0 saturated carbocycles. The number of likely N-dealkylation sites (tertiary alicyclic amines) is 1. The summed E-state index contributed by atoms with van der Waals surface area (Å²) in [6.45, 7) is 1.40. The van der Waals surface area contributed by atoms with E-state index in [-0.39, 0.29) is 0 Å². The molecule has 0 bridgehead atoms. The first-order valence-electron chi connectivity index (χ1n) is 6.62. The number of aromatic nitrogens is 1. The lowest BCUT2D eigenvalue weighted by atomic mass is 9.91. The van der Waals surface area contributed by atoms with Gasteiger partial charge in [-0.05, 0) is 49.7 Å². The van der Waals surface area contributed by atoms with Gasteiger partial charge in [0.25, 0.3) is 0 Å². The largest absolute Gasteiger partial charge is 0.465 e. The van der Waals surface area contributed by atoms with Gasteiger partial charge in [-0.3, -0.25) is 4.98 Å². The second-order valence-electron chi connectivity index (χ2n) is 4.97. The van der Waals surface area contributed by atoms with Gasteiger partial charge in [0, 0.05) is 25.5 Å². The quantitative estimate of drug-likeness (QED) is 0.891. The van der Waals surface area contributed by atoms with E-state index in [2.05, 4.69) is 11.1 Å². The highest BCUT2D eigenvalue weighted by atomic mass is 16.4. The van der Waals surface area contributed by atoms with Crippen LogP contribution in [0.2, 0.25) is 0 Å². The average Bonchev–Trinajstić information content (AvgIpc) is 2.40. The predicted molar refractivity (Wildman–Crippen MR) is 69.5 cm³/mol. The molecule has 1 aliphatic heterocycles. The Balaban J connectivity index is 1.65. The molecular weight excluding hydrogens is 228 g/mol. The molecule has 0 atom stereocenters. The normalized spacial score (nSPS) is 16.8. The number of pyridine rings is 1. The number of aryl methyl sites for hydroxylation is 1. The zero-order chi connectivity index (χ0) is 12.8. The number of piperidine rings is 1. The van der Waals surface area contributed by atoms with Gasteiger partial charge in [0.05, 0.1) is 0 Å². The van der Waals surface area contributed by atoms with E-state index in [4.69, 9.17) is 5.11 Å². The van der Waals surface area contributed by atoms with Gasteiger partial charge in [0.1, 0.15) is 0 Å². The van der Waals surface area contributed by atoms with Crippen molar-refractivity contribution in [1.29, 1.82) is 0 Å². The molecule has 1 N–H and O–H groups in total. The lowest BCUT2D eigenvalue weighted by molar-refractivity contribution is 0.123. The molecule has 0 radical (unpaired) electrons. The Morgan fingerprint density at radius 2 is 2.22 bits per heavy atom. The highest BCUT2D eigenvalue weighted by molar-refractivity contribution is 5.64. The Labute approximate surface area is 108 Å². The summed E-state index contributed by atoms with van der Waals surface area (Å²) in [7, 11) is 0. The van der Waals surface area contributed by atoms with Gasteiger partial charge in [-0.2, -0.15) is 0 Å². The summed E-state index contributed by atoms with van der Waals surface area (Å²) in [6, 6.07) is 4.08. The van der Waals surface area contributed by atoms with Crippen LogP contribution in [0, 0.1) is 5.92 Å². The van der Waals surface area contributed by atoms with Gasteiger partial charge < -0.3 is 10.0 Å². The molecule has 2 rings (SSSR count). The Morgan fingerprint density at radius 1 is 1.44 bits per heavy atom. The fourth-order valence-electron chi connectivity index (χ4n) is 2.55. The summed E-state index contributed by atoms with van der Waals surface area (Å²) in [4.78, 5) is 16.4. The molecule has 0 unspecified atom stereocenters. The topological polar surface area (TPSA) is 53.4 Å². The average molecular weight is 248 g/mol. The maximum atomic E-state index is 10.8. The van der Waals surface area contributed by atoms with E-state index >= 15 is 0 Å². The van der Waals surface area contributed by atoms with Gasteiger partial charge in [-0.15, -0.1) is 0 Å². The van der Waals surface area contributed by atoms with Crippen molar-refractivity contribution in [2.75, 3.05) is 13.1 Å². The van der Waals surface area contributed by atoms with Crippen molar-refractivity contribution in [3.8, 4) is 0 Å². The van der Waals surface area contributed by atoms with Crippen LogP contribution in [0.5, 0.6) is 0 Å². The molecule has 4 nitrogen and oxygen atoms in total. The highest BCUT2D eigenvalue weighted by Gasteiger charge is 2.21. The molecule has 0 aromatic carbocycles. The number of amides is 1. The molecule has 4 heteroatoms. The monoisotopic (exact) mass is 248 g/mol. The molecular formula is C14H20N2O2. The maximum Gasteiger partial charge on any atom is 0.407 e. The SMILES string of the molecule is O=C(O)N1CCC(CCCc2cccnc2)CC1. The summed E-state index contributed by atoms with van der Waals surface area (Å²) >= 11 is 0. The minimum Gasteiger partial charge on any atom is -0.465 e. The molecule has 1 amide bonds. The van der Waals surface area contributed by atoms with Crippen LogP contribution in [0.25, 0.3) is 0 Å². The molecule has 0 spiro atoms. The molecule has 18 heavy (non-hydrogen) atoms. The van der Waals surface area contributed by atoms with E-state index in [0.717, 1.165) is 19.3 Å². The summed E-state index contributed by atoms with van der Waals surface area (Å²) < 4.78 is 0. The molecule has 1 aliphatic rings. The van der Waals surface area contributed by atoms with Crippen molar-refractivity contribution in [2.45, 2.75) is 32.1 Å². The summed E-state index contributed by atoms with van der Waals surface area (Å²) in [5.41, 5.74) is 1.29. The predicted octanol–water partition coefficient (Wildman–Crippen LogP) is 2.79. The van der Waals surface area contributed by atoms with E-state index in [1.165, 1.54) is 23.3 Å². The van der Waals surface area contributed by atoms with Crippen LogP contribution < -0.4 is 0 Å². The number of rotatable bonds is 4. The molecule has 1 aromatic rings. The second kappa shape index (κ2) is 6.38. The van der Waals surface area contributed by atoms with Crippen molar-refractivity contribution in [1.82, 2.24) is 9.88 Å². The lowest BCUT2D eigenvalue weighted by Gasteiger charge is -2.29. The standard InChI is InChI=1S/C14H20N2O2/c17-14(18)16-9-6-12(7-10-16)3-1-4-13-5-2-8-15-11-13/h2,5,8,11-12H,1,3-4,6-7,9-10H2,(H,17,18). The van der Waals surface area contributed by atoms with Crippen LogP contribution in [0.15, 0.2) is 24.5 Å². The first-order chi connectivity index (χ1) is 8.75. The van der Waals surface area contributed by atoms with Crippen LogP contribution in [0.1, 0.15) is 31.2 Å². The van der Waals surface area contributed by atoms with Crippen molar-refractivity contribution in [3.05, 3.63) is 30.1 Å². The molecule has 1 fully saturated rings. The van der Waals surface area contributed by atoms with Crippen molar-refractivity contribution in [2.24, 2.45) is 5.92 Å². The van der Waals surface area contributed by atoms with Crippen LogP contribution in [-0.2, 0) is 6.42 Å². The second-order valence-corrected chi connectivity index (χ2v) is 4.97. The van der Waals surface area contributed by atoms with Crippen LogP contribution in [0.3, 0.4) is 0 Å². The Bertz CT molecular complexity index is 373. The van der Waals surface area contributed by atoms with Gasteiger partial charge in [0.2, 0.25) is 0 Å². The third-order valence-electron chi connectivity index (χ3n) is 3.69. The van der Waals surface area contributed by atoms with Gasteiger partial charge in [0.15, 0.2) is 0 Å². The lowest BCUT2D eigenvalue weighted by Crippen LogP contribution is -2.37. The molecule has 0 aliphatic carbocycles. The number of hydrogen-bond donors (Lipinski definition) is 1. The van der Waals surface area contributed by atoms with Crippen molar-refractivity contribution < 1.29 is 9.90 Å². The van der Waals surface area contributed by atoms with E-state index in [9.17, 15) is 4.79 Å². The minimum absolute atomic E-state index is 0.692. The Kier molecular flexibility index (Phi) is 4.56. The van der Waals surface area contributed by atoms with Gasteiger partial charge in [-0.1, -0.05) is 6.07 Å². The minimum atomic E-state index is -0.774. The van der Waals surface area contributed by atoms with Crippen LogP contribution >= 0.6 is 0 Å². The zero-order valence-corrected chi connectivity index (χ0v) is 10.6. The smallest absolute Gasteiger partial charge is 0.407 e.